The molecule has 1 aromatic heterocycles. The van der Waals surface area contributed by atoms with Gasteiger partial charge < -0.3 is 15.2 Å². The smallest absolute Gasteiger partial charge is 0.227 e. The Hall–Kier alpha value is -3.66. The van der Waals surface area contributed by atoms with Crippen LogP contribution in [-0.4, -0.2) is 28.3 Å². The first-order valence-corrected chi connectivity index (χ1v) is 10.7. The van der Waals surface area contributed by atoms with Gasteiger partial charge in [0.05, 0.1) is 23.5 Å². The quantitative estimate of drug-likeness (QED) is 0.566. The fourth-order valence-corrected chi connectivity index (χ4v) is 3.73. The first-order chi connectivity index (χ1) is 15.1. The van der Waals surface area contributed by atoms with Gasteiger partial charge in [-0.1, -0.05) is 24.6 Å². The third kappa shape index (κ3) is 4.92. The summed E-state index contributed by atoms with van der Waals surface area (Å²) in [5.41, 5.74) is 3.21. The van der Waals surface area contributed by atoms with Crippen molar-refractivity contribution in [2.45, 2.75) is 44.4 Å². The highest BCUT2D eigenvalue weighted by atomic mass is 16.2. The number of amides is 2. The lowest BCUT2D eigenvalue weighted by atomic mass is 9.85. The minimum Gasteiger partial charge on any atom is -0.342 e. The molecule has 0 aliphatic heterocycles. The van der Waals surface area contributed by atoms with Crippen LogP contribution in [0.25, 0.3) is 11.0 Å². The average molecular weight is 415 g/mol. The number of nitriles is 1. The number of H-pyrrole nitrogens is 1. The molecule has 1 aliphatic carbocycles. The highest BCUT2D eigenvalue weighted by molar-refractivity contribution is 5.98. The second-order valence-electron chi connectivity index (χ2n) is 7.82. The van der Waals surface area contributed by atoms with Crippen LogP contribution < -0.4 is 10.2 Å². The molecule has 0 bridgehead atoms. The molecule has 0 unspecified atom stereocenters. The van der Waals surface area contributed by atoms with Crippen LogP contribution in [-0.2, 0) is 9.59 Å². The lowest BCUT2D eigenvalue weighted by Gasteiger charge is -2.22. The molecule has 1 heterocycles. The zero-order chi connectivity index (χ0) is 21.6. The molecular formula is C24H25N5O2. The number of aromatic nitrogens is 2. The Kier molecular flexibility index (Phi) is 6.27. The lowest BCUT2D eigenvalue weighted by molar-refractivity contribution is -0.122. The van der Waals surface area contributed by atoms with E-state index in [-0.39, 0.29) is 31.1 Å². The van der Waals surface area contributed by atoms with E-state index >= 15 is 0 Å². The van der Waals surface area contributed by atoms with E-state index in [4.69, 9.17) is 5.26 Å². The topological polar surface area (TPSA) is 102 Å². The fourth-order valence-electron chi connectivity index (χ4n) is 3.73. The molecule has 4 rings (SSSR count). The van der Waals surface area contributed by atoms with Crippen LogP contribution in [0.15, 0.2) is 48.5 Å². The maximum absolute atomic E-state index is 12.7. The number of nitrogens with one attached hydrogen (secondary N) is 2. The summed E-state index contributed by atoms with van der Waals surface area (Å²) in [6.07, 6.45) is 3.98. The van der Waals surface area contributed by atoms with Gasteiger partial charge in [-0.25, -0.2) is 4.98 Å². The van der Waals surface area contributed by atoms with E-state index in [1.807, 2.05) is 48.5 Å². The molecule has 7 nitrogen and oxygen atoms in total. The highest BCUT2D eigenvalue weighted by Crippen LogP contribution is 2.35. The summed E-state index contributed by atoms with van der Waals surface area (Å²) < 4.78 is 0. The molecule has 0 radical (unpaired) electrons. The van der Waals surface area contributed by atoms with Crippen molar-refractivity contribution < 1.29 is 9.59 Å². The molecule has 158 valence electrons. The molecule has 2 aromatic carbocycles. The lowest BCUT2D eigenvalue weighted by Crippen LogP contribution is -2.32. The number of benzene rings is 2. The number of hydrogen-bond acceptors (Lipinski definition) is 4. The SMILES string of the molecule is N#CCCN(C(=O)CCC(=O)Nc1ccc2nc(C3CCC3)[nH]c2c1)c1ccccc1. The molecule has 7 heteroatoms. The second-order valence-corrected chi connectivity index (χ2v) is 7.82. The number of hydrogen-bond donors (Lipinski definition) is 2. The maximum atomic E-state index is 12.7. The summed E-state index contributed by atoms with van der Waals surface area (Å²) in [7, 11) is 0. The van der Waals surface area contributed by atoms with Gasteiger partial charge in [0.1, 0.15) is 5.82 Å². The van der Waals surface area contributed by atoms with E-state index in [2.05, 4.69) is 21.4 Å². The monoisotopic (exact) mass is 415 g/mol. The summed E-state index contributed by atoms with van der Waals surface area (Å²) >= 11 is 0. The summed E-state index contributed by atoms with van der Waals surface area (Å²) in [5.74, 6) is 1.14. The van der Waals surface area contributed by atoms with Crippen LogP contribution in [0.1, 0.15) is 50.3 Å². The van der Waals surface area contributed by atoms with Gasteiger partial charge in [0, 0.05) is 36.7 Å². The van der Waals surface area contributed by atoms with Crippen LogP contribution >= 0.6 is 0 Å². The number of nitrogens with zero attached hydrogens (tertiary/aromatic N) is 3. The largest absolute Gasteiger partial charge is 0.342 e. The van der Waals surface area contributed by atoms with E-state index in [1.165, 1.54) is 19.3 Å². The first kappa shape index (κ1) is 20.6. The zero-order valence-electron chi connectivity index (χ0n) is 17.3. The Balaban J connectivity index is 1.35. The molecular weight excluding hydrogens is 390 g/mol. The number of imidazole rings is 1. The summed E-state index contributed by atoms with van der Waals surface area (Å²) in [6.45, 7) is 0.306. The van der Waals surface area contributed by atoms with Crippen molar-refractivity contribution in [3.8, 4) is 6.07 Å². The average Bonchev–Trinajstić information content (AvgIpc) is 3.14. The molecule has 31 heavy (non-hydrogen) atoms. The van der Waals surface area contributed by atoms with E-state index in [0.29, 0.717) is 18.2 Å². The molecule has 1 aliphatic rings. The standard InChI is InChI=1S/C24H25N5O2/c25-14-5-15-29(19-8-2-1-3-9-19)23(31)13-12-22(30)26-18-10-11-20-21(16-18)28-24(27-20)17-6-4-7-17/h1-3,8-11,16-17H,4-7,12-13,15H2,(H,26,30)(H,27,28). The van der Waals surface area contributed by atoms with Gasteiger partial charge in [-0.3, -0.25) is 9.59 Å². The molecule has 0 spiro atoms. The molecule has 0 saturated heterocycles. The number of anilines is 2. The van der Waals surface area contributed by atoms with E-state index in [9.17, 15) is 9.59 Å². The Morgan fingerprint density at radius 1 is 1.16 bits per heavy atom. The van der Waals surface area contributed by atoms with E-state index in [1.54, 1.807) is 4.90 Å². The molecule has 1 saturated carbocycles. The first-order valence-electron chi connectivity index (χ1n) is 10.7. The van der Waals surface area contributed by atoms with Gasteiger partial charge in [0.2, 0.25) is 11.8 Å². The molecule has 2 N–H and O–H groups in total. The normalized spacial score (nSPS) is 13.4. The third-order valence-corrected chi connectivity index (χ3v) is 5.66. The fraction of sp³-hybridized carbons (Fsp3) is 0.333. The zero-order valence-corrected chi connectivity index (χ0v) is 17.3. The van der Waals surface area contributed by atoms with Gasteiger partial charge in [0.15, 0.2) is 0 Å². The van der Waals surface area contributed by atoms with Crippen LogP contribution in [0.2, 0.25) is 0 Å². The molecule has 2 amide bonds. The predicted octanol–water partition coefficient (Wildman–Crippen LogP) is 4.50. The van der Waals surface area contributed by atoms with Crippen molar-refractivity contribution in [3.05, 3.63) is 54.4 Å². The van der Waals surface area contributed by atoms with Gasteiger partial charge in [-0.05, 0) is 43.2 Å². The van der Waals surface area contributed by atoms with Crippen molar-refractivity contribution >= 4 is 34.2 Å². The number of aromatic amines is 1. The molecule has 0 atom stereocenters. The third-order valence-electron chi connectivity index (χ3n) is 5.66. The number of carbonyl (C=O) groups is 2. The van der Waals surface area contributed by atoms with Crippen LogP contribution in [0.4, 0.5) is 11.4 Å². The number of para-hydroxylation sites is 1. The van der Waals surface area contributed by atoms with Crippen molar-refractivity contribution in [3.63, 3.8) is 0 Å². The summed E-state index contributed by atoms with van der Waals surface area (Å²) in [6, 6.07) is 16.9. The summed E-state index contributed by atoms with van der Waals surface area (Å²) in [5, 5.41) is 11.8. The second kappa shape index (κ2) is 9.43. The van der Waals surface area contributed by atoms with Crippen molar-refractivity contribution in [2.24, 2.45) is 0 Å². The van der Waals surface area contributed by atoms with Crippen molar-refractivity contribution in [1.29, 1.82) is 5.26 Å². The molecule has 1 fully saturated rings. The van der Waals surface area contributed by atoms with Crippen molar-refractivity contribution in [1.82, 2.24) is 9.97 Å². The van der Waals surface area contributed by atoms with Crippen LogP contribution in [0, 0.1) is 11.3 Å². The minimum absolute atomic E-state index is 0.0725. The highest BCUT2D eigenvalue weighted by Gasteiger charge is 2.22. The Morgan fingerprint density at radius 3 is 2.68 bits per heavy atom. The van der Waals surface area contributed by atoms with E-state index < -0.39 is 0 Å². The van der Waals surface area contributed by atoms with Gasteiger partial charge >= 0.3 is 0 Å². The van der Waals surface area contributed by atoms with Crippen LogP contribution in [0.5, 0.6) is 0 Å². The van der Waals surface area contributed by atoms with E-state index in [0.717, 1.165) is 22.5 Å². The van der Waals surface area contributed by atoms with Gasteiger partial charge in [0.25, 0.3) is 0 Å². The predicted molar refractivity (Wildman–Crippen MR) is 120 cm³/mol. The number of rotatable bonds is 8. The van der Waals surface area contributed by atoms with Gasteiger partial charge in [-0.2, -0.15) is 5.26 Å². The molecule has 3 aromatic rings. The number of carbonyl (C=O) groups excluding carboxylic acids is 2. The summed E-state index contributed by atoms with van der Waals surface area (Å²) in [4.78, 5) is 34.7. The number of fused-ring (bicyclic) bond motifs is 1. The van der Waals surface area contributed by atoms with Crippen molar-refractivity contribution in [2.75, 3.05) is 16.8 Å². The Morgan fingerprint density at radius 2 is 1.97 bits per heavy atom. The van der Waals surface area contributed by atoms with Crippen LogP contribution in [0.3, 0.4) is 0 Å². The Labute approximate surface area is 181 Å². The Bertz CT molecular complexity index is 1110. The van der Waals surface area contributed by atoms with Gasteiger partial charge in [-0.15, -0.1) is 0 Å². The maximum Gasteiger partial charge on any atom is 0.227 e. The minimum atomic E-state index is -0.222.